The van der Waals surface area contributed by atoms with Crippen LogP contribution in [0.3, 0.4) is 0 Å². The molecule has 0 fully saturated rings. The van der Waals surface area contributed by atoms with Crippen molar-refractivity contribution in [1.29, 1.82) is 0 Å². The van der Waals surface area contributed by atoms with E-state index in [1.807, 2.05) is 72.8 Å². The average Bonchev–Trinajstić information content (AvgIpc) is 3.60. The van der Waals surface area contributed by atoms with Crippen molar-refractivity contribution in [3.63, 3.8) is 0 Å². The molecular weight excluding hydrogens is 574 g/mol. The molecule has 0 aliphatic rings. The van der Waals surface area contributed by atoms with Crippen LogP contribution in [-0.2, 0) is 0 Å². The Morgan fingerprint density at radius 1 is 0.383 bits per heavy atom. The van der Waals surface area contributed by atoms with Gasteiger partial charge >= 0.3 is 0 Å². The van der Waals surface area contributed by atoms with Crippen LogP contribution in [0.25, 0.3) is 89.1 Å². The maximum atomic E-state index is 6.44. The van der Waals surface area contributed by atoms with Gasteiger partial charge in [0, 0.05) is 27.6 Å². The Hall–Kier alpha value is -6.39. The first kappa shape index (κ1) is 27.0. The molecule has 4 nitrogen and oxygen atoms in total. The molecule has 220 valence electrons. The highest BCUT2D eigenvalue weighted by molar-refractivity contribution is 6.18. The molecule has 4 heteroatoms. The van der Waals surface area contributed by atoms with Crippen LogP contribution in [0, 0.1) is 0 Å². The highest BCUT2D eigenvalue weighted by atomic mass is 16.3. The van der Waals surface area contributed by atoms with Crippen LogP contribution >= 0.6 is 0 Å². The first-order valence-electron chi connectivity index (χ1n) is 15.7. The fourth-order valence-electron chi connectivity index (χ4n) is 6.31. The van der Waals surface area contributed by atoms with Crippen molar-refractivity contribution in [1.82, 2.24) is 15.0 Å². The number of rotatable bonds is 5. The molecule has 9 aromatic rings. The number of benzene rings is 7. The van der Waals surface area contributed by atoms with Crippen LogP contribution in [0.5, 0.6) is 0 Å². The van der Waals surface area contributed by atoms with Crippen LogP contribution in [-0.4, -0.2) is 15.0 Å². The van der Waals surface area contributed by atoms with E-state index < -0.39 is 0 Å². The van der Waals surface area contributed by atoms with Crippen molar-refractivity contribution in [2.24, 2.45) is 0 Å². The quantitative estimate of drug-likeness (QED) is 0.184. The summed E-state index contributed by atoms with van der Waals surface area (Å²) in [6.45, 7) is 0. The topological polar surface area (TPSA) is 51.8 Å². The van der Waals surface area contributed by atoms with E-state index in [2.05, 4.69) is 91.0 Å². The summed E-state index contributed by atoms with van der Waals surface area (Å²) >= 11 is 0. The standard InChI is InChI=1S/C43H27N3O/c1-4-10-30(11-5-1)38-27-39(31-12-6-2-7-13-31)45-42(44-38)33-21-16-28(17-22-33)35-23-19-29-18-20-32-24-25-37-41(40(32)36(29)26-35)47-43(46-37)34-14-8-3-9-15-34/h1-27H. The van der Waals surface area contributed by atoms with Crippen LogP contribution in [0.1, 0.15) is 0 Å². The molecule has 0 N–H and O–H groups in total. The second-order valence-electron chi connectivity index (χ2n) is 11.7. The van der Waals surface area contributed by atoms with Gasteiger partial charge in [-0.25, -0.2) is 15.0 Å². The molecule has 0 saturated heterocycles. The van der Waals surface area contributed by atoms with E-state index in [9.17, 15) is 0 Å². The number of oxazole rings is 1. The zero-order chi connectivity index (χ0) is 31.2. The molecule has 0 spiro atoms. The number of hydrogen-bond acceptors (Lipinski definition) is 4. The molecule has 0 radical (unpaired) electrons. The van der Waals surface area contributed by atoms with Crippen LogP contribution in [0.15, 0.2) is 168 Å². The largest absolute Gasteiger partial charge is 0.435 e. The Bertz CT molecular complexity index is 2480. The third-order valence-corrected chi connectivity index (χ3v) is 8.72. The molecule has 2 heterocycles. The zero-order valence-electron chi connectivity index (χ0n) is 25.3. The first-order valence-corrected chi connectivity index (χ1v) is 15.7. The predicted molar refractivity (Wildman–Crippen MR) is 192 cm³/mol. The number of aromatic nitrogens is 3. The summed E-state index contributed by atoms with van der Waals surface area (Å²) < 4.78 is 6.44. The van der Waals surface area contributed by atoms with E-state index in [0.29, 0.717) is 11.7 Å². The normalized spacial score (nSPS) is 11.4. The third kappa shape index (κ3) is 4.93. The zero-order valence-corrected chi connectivity index (χ0v) is 25.3. The highest BCUT2D eigenvalue weighted by Gasteiger charge is 2.15. The minimum Gasteiger partial charge on any atom is -0.435 e. The molecule has 47 heavy (non-hydrogen) atoms. The Labute approximate surface area is 271 Å². The van der Waals surface area contributed by atoms with Gasteiger partial charge in [0.25, 0.3) is 0 Å². The van der Waals surface area contributed by atoms with Gasteiger partial charge in [0.2, 0.25) is 5.89 Å². The van der Waals surface area contributed by atoms with Gasteiger partial charge in [-0.1, -0.05) is 133 Å². The first-order chi connectivity index (χ1) is 23.3. The lowest BCUT2D eigenvalue weighted by atomic mass is 9.96. The molecule has 0 aliphatic carbocycles. The molecule has 0 bridgehead atoms. The Balaban J connectivity index is 1.13. The van der Waals surface area contributed by atoms with Crippen molar-refractivity contribution in [2.75, 3.05) is 0 Å². The lowest BCUT2D eigenvalue weighted by Gasteiger charge is -2.11. The summed E-state index contributed by atoms with van der Waals surface area (Å²) in [6, 6.07) is 56.3. The molecule has 0 amide bonds. The van der Waals surface area contributed by atoms with Crippen molar-refractivity contribution in [3.8, 4) is 56.5 Å². The highest BCUT2D eigenvalue weighted by Crippen LogP contribution is 2.37. The smallest absolute Gasteiger partial charge is 0.227 e. The fraction of sp³-hybridized carbons (Fsp3) is 0. The van der Waals surface area contributed by atoms with Gasteiger partial charge in [-0.2, -0.15) is 0 Å². The number of nitrogens with zero attached hydrogens (tertiary/aromatic N) is 3. The van der Waals surface area contributed by atoms with Gasteiger partial charge < -0.3 is 4.42 Å². The molecule has 0 saturated carbocycles. The van der Waals surface area contributed by atoms with Gasteiger partial charge in [0.15, 0.2) is 11.4 Å². The minimum absolute atomic E-state index is 0.630. The lowest BCUT2D eigenvalue weighted by Crippen LogP contribution is -1.95. The van der Waals surface area contributed by atoms with Crippen molar-refractivity contribution in [3.05, 3.63) is 164 Å². The third-order valence-electron chi connectivity index (χ3n) is 8.72. The van der Waals surface area contributed by atoms with E-state index in [1.165, 1.54) is 0 Å². The summed E-state index contributed by atoms with van der Waals surface area (Å²) in [6.07, 6.45) is 0. The van der Waals surface area contributed by atoms with Crippen LogP contribution in [0.2, 0.25) is 0 Å². The lowest BCUT2D eigenvalue weighted by molar-refractivity contribution is 0.623. The van der Waals surface area contributed by atoms with Gasteiger partial charge in [-0.05, 0) is 57.6 Å². The maximum absolute atomic E-state index is 6.44. The Kier molecular flexibility index (Phi) is 6.43. The van der Waals surface area contributed by atoms with E-state index in [4.69, 9.17) is 19.4 Å². The monoisotopic (exact) mass is 601 g/mol. The minimum atomic E-state index is 0.630. The molecule has 0 unspecified atom stereocenters. The Morgan fingerprint density at radius 3 is 1.57 bits per heavy atom. The average molecular weight is 602 g/mol. The van der Waals surface area contributed by atoms with Crippen LogP contribution < -0.4 is 0 Å². The summed E-state index contributed by atoms with van der Waals surface area (Å²) in [5, 5.41) is 4.49. The molecular formula is C43H27N3O. The molecule has 2 aromatic heterocycles. The summed E-state index contributed by atoms with van der Waals surface area (Å²) in [5.41, 5.74) is 9.75. The number of hydrogen-bond donors (Lipinski definition) is 0. The van der Waals surface area contributed by atoms with Gasteiger partial charge in [-0.15, -0.1) is 0 Å². The maximum Gasteiger partial charge on any atom is 0.227 e. The molecule has 0 aliphatic heterocycles. The van der Waals surface area contributed by atoms with Gasteiger partial charge in [0.1, 0.15) is 5.52 Å². The summed E-state index contributed by atoms with van der Waals surface area (Å²) in [7, 11) is 0. The SMILES string of the molecule is c1ccc(-c2cc(-c3ccccc3)nc(-c3ccc(-c4ccc5ccc6ccc7nc(-c8ccccc8)oc7c6c5c4)cc3)n2)cc1. The second kappa shape index (κ2) is 11.2. The van der Waals surface area contributed by atoms with E-state index in [-0.39, 0.29) is 0 Å². The number of fused-ring (bicyclic) bond motifs is 5. The van der Waals surface area contributed by atoms with E-state index in [1.54, 1.807) is 0 Å². The second-order valence-corrected chi connectivity index (χ2v) is 11.7. The van der Waals surface area contributed by atoms with Gasteiger partial charge in [0.05, 0.1) is 11.4 Å². The van der Waals surface area contributed by atoms with Gasteiger partial charge in [-0.3, -0.25) is 0 Å². The molecule has 7 aromatic carbocycles. The molecule has 0 atom stereocenters. The predicted octanol–water partition coefficient (Wildman–Crippen LogP) is 11.3. The Morgan fingerprint density at radius 2 is 0.915 bits per heavy atom. The van der Waals surface area contributed by atoms with E-state index >= 15 is 0 Å². The summed E-state index contributed by atoms with van der Waals surface area (Å²) in [5.74, 6) is 1.33. The molecule has 9 rings (SSSR count). The summed E-state index contributed by atoms with van der Waals surface area (Å²) in [4.78, 5) is 14.8. The van der Waals surface area contributed by atoms with Crippen molar-refractivity contribution >= 4 is 32.6 Å². The van der Waals surface area contributed by atoms with Crippen LogP contribution in [0.4, 0.5) is 0 Å². The van der Waals surface area contributed by atoms with Crippen molar-refractivity contribution < 1.29 is 4.42 Å². The fourth-order valence-corrected chi connectivity index (χ4v) is 6.31. The van der Waals surface area contributed by atoms with Crippen molar-refractivity contribution in [2.45, 2.75) is 0 Å². The van der Waals surface area contributed by atoms with E-state index in [0.717, 1.165) is 77.4 Å².